The molecule has 3 aromatic rings. The molecule has 6 heteroatoms. The molecule has 0 spiro atoms. The van der Waals surface area contributed by atoms with E-state index in [1.165, 1.54) is 17.4 Å². The van der Waals surface area contributed by atoms with Crippen LogP contribution in [0.15, 0.2) is 54.6 Å². The van der Waals surface area contributed by atoms with Gasteiger partial charge in [-0.25, -0.2) is 4.98 Å². The van der Waals surface area contributed by atoms with E-state index in [1.54, 1.807) is 11.3 Å². The number of nitrogens with one attached hydrogen (secondary N) is 1. The molecule has 5 nitrogen and oxygen atoms in total. The Bertz CT molecular complexity index is 910. The molecule has 1 aliphatic rings. The highest BCUT2D eigenvalue weighted by atomic mass is 32.1. The first-order chi connectivity index (χ1) is 13.7. The van der Waals surface area contributed by atoms with Crippen LogP contribution >= 0.6 is 11.3 Å². The van der Waals surface area contributed by atoms with Crippen LogP contribution in [-0.2, 0) is 22.6 Å². The van der Waals surface area contributed by atoms with E-state index in [1.807, 2.05) is 24.3 Å². The number of hydrogen-bond acceptors (Lipinski definition) is 6. The number of piperidine rings is 1. The normalized spacial score (nSPS) is 20.3. The van der Waals surface area contributed by atoms with E-state index in [4.69, 9.17) is 9.72 Å². The minimum Gasteiger partial charge on any atom is -0.468 e. The van der Waals surface area contributed by atoms with E-state index in [2.05, 4.69) is 40.5 Å². The predicted octanol–water partition coefficient (Wildman–Crippen LogP) is 3.59. The van der Waals surface area contributed by atoms with Crippen molar-refractivity contribution in [2.24, 2.45) is 0 Å². The van der Waals surface area contributed by atoms with E-state index in [-0.39, 0.29) is 5.97 Å². The second kappa shape index (κ2) is 8.39. The number of likely N-dealkylation sites (tertiary alicyclic amines) is 1. The number of methoxy groups -OCH3 is 1. The summed E-state index contributed by atoms with van der Waals surface area (Å²) in [5.41, 5.74) is 1.57. The Labute approximate surface area is 169 Å². The van der Waals surface area contributed by atoms with Crippen LogP contribution in [0.2, 0.25) is 0 Å². The summed E-state index contributed by atoms with van der Waals surface area (Å²) >= 11 is 1.67. The summed E-state index contributed by atoms with van der Waals surface area (Å²) in [6.45, 7) is 3.02. The highest BCUT2D eigenvalue weighted by molar-refractivity contribution is 7.18. The Morgan fingerprint density at radius 2 is 2.00 bits per heavy atom. The molecule has 0 bridgehead atoms. The van der Waals surface area contributed by atoms with Crippen LogP contribution in [0.3, 0.4) is 0 Å². The number of para-hydroxylation sites is 1. The fraction of sp³-hybridized carbons (Fsp3) is 0.364. The van der Waals surface area contributed by atoms with Crippen molar-refractivity contribution in [2.75, 3.05) is 20.2 Å². The number of carbonyl (C=O) groups is 1. The molecule has 1 unspecified atom stereocenters. The molecule has 0 aliphatic carbocycles. The van der Waals surface area contributed by atoms with Gasteiger partial charge in [0.2, 0.25) is 0 Å². The SMILES string of the molecule is COC(=O)C1(NCc2nc3ccccc3s2)CCCN(Cc2ccccc2)C1. The lowest BCUT2D eigenvalue weighted by atomic mass is 9.88. The van der Waals surface area contributed by atoms with Crippen LogP contribution < -0.4 is 5.32 Å². The molecule has 2 heterocycles. The highest BCUT2D eigenvalue weighted by Gasteiger charge is 2.43. The van der Waals surface area contributed by atoms with E-state index in [9.17, 15) is 4.79 Å². The number of benzene rings is 2. The first-order valence-electron chi connectivity index (χ1n) is 9.63. The van der Waals surface area contributed by atoms with Gasteiger partial charge in [-0.3, -0.25) is 15.0 Å². The number of hydrogen-bond donors (Lipinski definition) is 1. The van der Waals surface area contributed by atoms with E-state index in [0.717, 1.165) is 36.5 Å². The van der Waals surface area contributed by atoms with Crippen molar-refractivity contribution in [3.63, 3.8) is 0 Å². The van der Waals surface area contributed by atoms with Gasteiger partial charge in [-0.15, -0.1) is 11.3 Å². The monoisotopic (exact) mass is 395 g/mol. The molecule has 0 radical (unpaired) electrons. The molecule has 0 saturated carbocycles. The second-order valence-electron chi connectivity index (χ2n) is 7.30. The van der Waals surface area contributed by atoms with Crippen LogP contribution in [0, 0.1) is 0 Å². The molecule has 1 fully saturated rings. The van der Waals surface area contributed by atoms with Crippen molar-refractivity contribution in [3.8, 4) is 0 Å². The molecule has 1 saturated heterocycles. The molecule has 1 N–H and O–H groups in total. The van der Waals surface area contributed by atoms with Gasteiger partial charge >= 0.3 is 5.97 Å². The van der Waals surface area contributed by atoms with Gasteiger partial charge < -0.3 is 4.74 Å². The van der Waals surface area contributed by atoms with Crippen molar-refractivity contribution >= 4 is 27.5 Å². The summed E-state index contributed by atoms with van der Waals surface area (Å²) < 4.78 is 6.36. The molecule has 0 amide bonds. The topological polar surface area (TPSA) is 54.5 Å². The minimum atomic E-state index is -0.695. The Hall–Kier alpha value is -2.28. The van der Waals surface area contributed by atoms with Crippen LogP contribution in [0.1, 0.15) is 23.4 Å². The Balaban J connectivity index is 1.49. The maximum atomic E-state index is 12.8. The lowest BCUT2D eigenvalue weighted by Crippen LogP contribution is -2.61. The fourth-order valence-electron chi connectivity index (χ4n) is 3.94. The van der Waals surface area contributed by atoms with Crippen molar-refractivity contribution in [2.45, 2.75) is 31.5 Å². The lowest BCUT2D eigenvalue weighted by Gasteiger charge is -2.41. The van der Waals surface area contributed by atoms with E-state index >= 15 is 0 Å². The van der Waals surface area contributed by atoms with E-state index in [0.29, 0.717) is 13.1 Å². The zero-order valence-electron chi connectivity index (χ0n) is 16.1. The summed E-state index contributed by atoms with van der Waals surface area (Å²) in [7, 11) is 1.47. The van der Waals surface area contributed by atoms with E-state index < -0.39 is 5.54 Å². The van der Waals surface area contributed by atoms with Gasteiger partial charge in [0.15, 0.2) is 0 Å². The highest BCUT2D eigenvalue weighted by Crippen LogP contribution is 2.27. The predicted molar refractivity (Wildman–Crippen MR) is 112 cm³/mol. The van der Waals surface area contributed by atoms with Gasteiger partial charge in [-0.1, -0.05) is 42.5 Å². The average Bonchev–Trinajstić information content (AvgIpc) is 3.16. The number of nitrogens with zero attached hydrogens (tertiary/aromatic N) is 2. The summed E-state index contributed by atoms with van der Waals surface area (Å²) in [6.07, 6.45) is 1.73. The molecule has 28 heavy (non-hydrogen) atoms. The molecule has 1 aromatic heterocycles. The zero-order chi connectivity index (χ0) is 19.4. The van der Waals surface area contributed by atoms with Gasteiger partial charge in [0.05, 0.1) is 17.3 Å². The van der Waals surface area contributed by atoms with Crippen molar-refractivity contribution < 1.29 is 9.53 Å². The van der Waals surface area contributed by atoms with Gasteiger partial charge in [-0.05, 0) is 37.1 Å². The zero-order valence-corrected chi connectivity index (χ0v) is 16.9. The van der Waals surface area contributed by atoms with Crippen molar-refractivity contribution in [1.82, 2.24) is 15.2 Å². The molecule has 146 valence electrons. The van der Waals surface area contributed by atoms with Crippen molar-refractivity contribution in [3.05, 3.63) is 65.2 Å². The number of thiazole rings is 1. The summed E-state index contributed by atoms with van der Waals surface area (Å²) in [5.74, 6) is -0.189. The molecule has 4 rings (SSSR count). The molecule has 2 aromatic carbocycles. The lowest BCUT2D eigenvalue weighted by molar-refractivity contribution is -0.151. The third kappa shape index (κ3) is 4.09. The molecular formula is C22H25N3O2S. The van der Waals surface area contributed by atoms with Crippen molar-refractivity contribution in [1.29, 1.82) is 0 Å². The maximum Gasteiger partial charge on any atom is 0.327 e. The van der Waals surface area contributed by atoms with Gasteiger partial charge in [0, 0.05) is 19.6 Å². The number of fused-ring (bicyclic) bond motifs is 1. The quantitative estimate of drug-likeness (QED) is 0.647. The smallest absolute Gasteiger partial charge is 0.327 e. The molecule has 1 aliphatic heterocycles. The largest absolute Gasteiger partial charge is 0.468 e. The third-order valence-corrected chi connectivity index (χ3v) is 6.35. The Kier molecular flexibility index (Phi) is 5.71. The van der Waals surface area contributed by atoms with Crippen LogP contribution in [0.5, 0.6) is 0 Å². The Morgan fingerprint density at radius 1 is 1.21 bits per heavy atom. The number of carbonyl (C=O) groups excluding carboxylic acids is 1. The van der Waals surface area contributed by atoms with Crippen LogP contribution in [0.4, 0.5) is 0 Å². The minimum absolute atomic E-state index is 0.189. The second-order valence-corrected chi connectivity index (χ2v) is 8.42. The number of ether oxygens (including phenoxy) is 1. The molecular weight excluding hydrogens is 370 g/mol. The number of aromatic nitrogens is 1. The van der Waals surface area contributed by atoms with Crippen LogP contribution in [-0.4, -0.2) is 41.6 Å². The summed E-state index contributed by atoms with van der Waals surface area (Å²) in [4.78, 5) is 19.8. The average molecular weight is 396 g/mol. The van der Waals surface area contributed by atoms with Gasteiger partial charge in [-0.2, -0.15) is 0 Å². The first-order valence-corrected chi connectivity index (χ1v) is 10.4. The summed E-state index contributed by atoms with van der Waals surface area (Å²) in [5, 5.41) is 4.50. The third-order valence-electron chi connectivity index (χ3n) is 5.31. The Morgan fingerprint density at radius 3 is 2.79 bits per heavy atom. The number of esters is 1. The van der Waals surface area contributed by atoms with Gasteiger partial charge in [0.1, 0.15) is 10.5 Å². The first kappa shape index (κ1) is 19.1. The standard InChI is InChI=1S/C22H25N3O2S/c1-27-21(26)22(23-14-20-24-18-10-5-6-11-19(18)28-20)12-7-13-25(16-22)15-17-8-3-2-4-9-17/h2-6,8-11,23H,7,12-16H2,1H3. The van der Waals surface area contributed by atoms with Gasteiger partial charge in [0.25, 0.3) is 0 Å². The molecule has 1 atom stereocenters. The maximum absolute atomic E-state index is 12.8. The van der Waals surface area contributed by atoms with Crippen LogP contribution in [0.25, 0.3) is 10.2 Å². The summed E-state index contributed by atoms with van der Waals surface area (Å²) in [6, 6.07) is 18.5. The fourth-order valence-corrected chi connectivity index (χ4v) is 4.85. The number of rotatable bonds is 6.